The minimum absolute atomic E-state index is 0.611. The second kappa shape index (κ2) is 30.7. The fourth-order valence-electron chi connectivity index (χ4n) is 9.15. The van der Waals surface area contributed by atoms with E-state index in [1.165, 1.54) is 0 Å². The number of amides is 1. The van der Waals surface area contributed by atoms with Crippen molar-refractivity contribution < 1.29 is 187 Å². The van der Waals surface area contributed by atoms with Crippen molar-refractivity contribution in [3.05, 3.63) is 0 Å². The van der Waals surface area contributed by atoms with E-state index in [2.05, 4.69) is 19.6 Å². The number of carbonyl (C=O) groups is 2. The van der Waals surface area contributed by atoms with Crippen LogP contribution >= 0.6 is 7.82 Å². The number of hydrogen-bond acceptors (Lipinski definition) is 37. The van der Waals surface area contributed by atoms with Crippen molar-refractivity contribution in [3.63, 3.8) is 0 Å². The highest BCUT2D eigenvalue weighted by Gasteiger charge is 2.56. The molecule has 6 saturated heterocycles. The number of hydrogen-bond donors (Lipinski definition) is 22. The lowest BCUT2D eigenvalue weighted by atomic mass is 9.96. The van der Waals surface area contributed by atoms with Crippen LogP contribution in [0.5, 0.6) is 0 Å². The van der Waals surface area contributed by atoms with Crippen LogP contribution in [0.4, 0.5) is 0 Å². The Morgan fingerprint density at radius 2 is 0.817 bits per heavy atom. The molecule has 0 saturated carbocycles. The molecule has 6 rings (SSSR count). The molecular formula is C41H71N2O38P. The van der Waals surface area contributed by atoms with Crippen LogP contribution in [0.2, 0.25) is 0 Å². The van der Waals surface area contributed by atoms with Gasteiger partial charge in [-0.2, -0.15) is 0 Å². The zero-order chi connectivity index (χ0) is 60.7. The molecule has 6 heterocycles. The highest BCUT2D eigenvalue weighted by molar-refractivity contribution is 7.46. The molecule has 0 aromatic carbocycles. The summed E-state index contributed by atoms with van der Waals surface area (Å²) in [5.41, 5.74) is 0. The summed E-state index contributed by atoms with van der Waals surface area (Å²) in [6, 6.07) is 0. The number of aliphatic hydroxyl groups excluding tert-OH is 17. The van der Waals surface area contributed by atoms with Gasteiger partial charge in [-0.1, -0.05) is 0 Å². The van der Waals surface area contributed by atoms with Crippen LogP contribution in [0, 0.1) is 0 Å². The lowest BCUT2D eigenvalue weighted by molar-refractivity contribution is -0.391. The Morgan fingerprint density at radius 3 is 1.30 bits per heavy atom. The highest BCUT2D eigenvalue weighted by Crippen LogP contribution is 2.39. The molecule has 478 valence electrons. The van der Waals surface area contributed by atoms with Crippen molar-refractivity contribution >= 4 is 19.5 Å². The predicted molar refractivity (Wildman–Crippen MR) is 243 cm³/mol. The molecule has 1 amide bonds. The summed E-state index contributed by atoms with van der Waals surface area (Å²) < 4.78 is 83.2. The van der Waals surface area contributed by atoms with E-state index in [-0.39, 0.29) is 0 Å². The van der Waals surface area contributed by atoms with Gasteiger partial charge < -0.3 is 159 Å². The Kier molecular flexibility index (Phi) is 25.9. The number of phosphoric acid groups is 1. The number of ketones is 1. The Morgan fingerprint density at radius 1 is 0.427 bits per heavy atom. The van der Waals surface area contributed by atoms with Crippen LogP contribution in [0.1, 0.15) is 0 Å². The zero-order valence-corrected chi connectivity index (χ0v) is 43.4. The molecule has 6 aliphatic heterocycles. The molecule has 12 unspecified atom stereocenters. The summed E-state index contributed by atoms with van der Waals surface area (Å²) in [6.07, 6.45) is -61.0. The van der Waals surface area contributed by atoms with Gasteiger partial charge in [-0.3, -0.25) is 24.2 Å². The number of aliphatic hydroxyl groups is 17. The van der Waals surface area contributed by atoms with Gasteiger partial charge in [-0.05, 0) is 0 Å². The van der Waals surface area contributed by atoms with E-state index in [1.54, 1.807) is 0 Å². The van der Waals surface area contributed by atoms with E-state index in [4.69, 9.17) is 68.0 Å². The van der Waals surface area contributed by atoms with Gasteiger partial charge in [-0.15, -0.1) is 0 Å². The summed E-state index contributed by atoms with van der Waals surface area (Å²) >= 11 is 0. The molecule has 0 aromatic heterocycles. The molecule has 6 fully saturated rings. The monoisotopic (exact) mass is 1230 g/mol. The fourth-order valence-corrected chi connectivity index (χ4v) is 9.49. The average Bonchev–Trinajstić information content (AvgIpc) is 3.44. The first-order valence-electron chi connectivity index (χ1n) is 24.9. The van der Waals surface area contributed by atoms with Gasteiger partial charge in [0.25, 0.3) is 0 Å². The number of nitrogens with two attached hydrogens (primary N) is 1. The quantitative estimate of drug-likeness (QED) is 0.0217. The van der Waals surface area contributed by atoms with Crippen molar-refractivity contribution in [2.75, 3.05) is 59.4 Å². The maximum atomic E-state index is 12.7. The first kappa shape index (κ1) is 69.0. The van der Waals surface area contributed by atoms with Gasteiger partial charge in [-0.25, -0.2) is 15.3 Å². The van der Waals surface area contributed by atoms with E-state index in [9.17, 15) is 111 Å². The number of carbonyl (C=O) groups excluding carboxylic acids is 2. The van der Waals surface area contributed by atoms with Crippen molar-refractivity contribution in [1.29, 1.82) is 0 Å². The largest absolute Gasteiger partial charge is 0.469 e. The molecule has 23 N–H and O–H groups in total. The fraction of sp³-hybridized carbons (Fsp3) is 0.951. The first-order chi connectivity index (χ1) is 38.7. The maximum Gasteiger partial charge on any atom is 0.469 e. The summed E-state index contributed by atoms with van der Waals surface area (Å²) in [4.78, 5) is 51.2. The third kappa shape index (κ3) is 16.8. The molecule has 41 heteroatoms. The normalized spacial score (nSPS) is 45.9. The number of nitrogens with one attached hydrogen (secondary N) is 1. The Labute approximate surface area is 461 Å². The average molecular weight is 1230 g/mol. The van der Waals surface area contributed by atoms with Gasteiger partial charge in [0, 0.05) is 0 Å². The molecule has 82 heavy (non-hydrogen) atoms. The van der Waals surface area contributed by atoms with E-state index in [0.29, 0.717) is 0 Å². The van der Waals surface area contributed by atoms with E-state index >= 15 is 0 Å². The molecule has 0 spiro atoms. The van der Waals surface area contributed by atoms with Crippen molar-refractivity contribution in [2.45, 2.75) is 184 Å². The summed E-state index contributed by atoms with van der Waals surface area (Å²) in [5.74, 6) is 3.15. The van der Waals surface area contributed by atoms with Gasteiger partial charge in [0.1, 0.15) is 166 Å². The Balaban J connectivity index is 1.21. The van der Waals surface area contributed by atoms with Crippen LogP contribution in [0.25, 0.3) is 0 Å². The Hall–Kier alpha value is -2.07. The van der Waals surface area contributed by atoms with Crippen LogP contribution < -0.4 is 11.2 Å². The lowest BCUT2D eigenvalue weighted by Crippen LogP contribution is -2.67. The summed E-state index contributed by atoms with van der Waals surface area (Å²) in [6.45, 7) is -8.13. The minimum atomic E-state index is -5.24. The van der Waals surface area contributed by atoms with Gasteiger partial charge in [0.2, 0.25) is 5.91 Å². The molecule has 0 radical (unpaired) electrons. The van der Waals surface area contributed by atoms with Crippen molar-refractivity contribution in [1.82, 2.24) is 5.32 Å². The van der Waals surface area contributed by atoms with Crippen LogP contribution in [0.15, 0.2) is 0 Å². The molecule has 0 bridgehead atoms. The molecule has 6 aliphatic rings. The van der Waals surface area contributed by atoms with Gasteiger partial charge in [0.15, 0.2) is 43.5 Å². The summed E-state index contributed by atoms with van der Waals surface area (Å²) in [7, 11) is -5.24. The third-order valence-corrected chi connectivity index (χ3v) is 14.3. The van der Waals surface area contributed by atoms with Crippen LogP contribution in [-0.4, -0.2) is 357 Å². The minimum Gasteiger partial charge on any atom is -0.394 e. The van der Waals surface area contributed by atoms with Crippen LogP contribution in [0.3, 0.4) is 0 Å². The van der Waals surface area contributed by atoms with E-state index in [0.717, 1.165) is 0 Å². The zero-order valence-electron chi connectivity index (χ0n) is 42.5. The second-order valence-electron chi connectivity index (χ2n) is 19.5. The van der Waals surface area contributed by atoms with Gasteiger partial charge in [0.05, 0.1) is 39.6 Å². The van der Waals surface area contributed by atoms with Crippen molar-refractivity contribution in [2.24, 2.45) is 5.90 Å². The summed E-state index contributed by atoms with van der Waals surface area (Å²) in [5, 5.41) is 194. The number of rotatable bonds is 26. The second-order valence-corrected chi connectivity index (χ2v) is 20.7. The number of Topliss-reactive ketones (excluding diaryl/α,β-unsaturated/α-hetero) is 1. The predicted octanol–water partition coefficient (Wildman–Crippen LogP) is -14.9. The third-order valence-electron chi connectivity index (χ3n) is 13.8. The molecular weight excluding hydrogens is 1160 g/mol. The molecule has 40 nitrogen and oxygen atoms in total. The Bertz CT molecular complexity index is 2030. The first-order valence-corrected chi connectivity index (χ1v) is 26.4. The van der Waals surface area contributed by atoms with E-state index in [1.807, 2.05) is 0 Å². The molecule has 0 aromatic rings. The number of phosphoric ester groups is 1. The lowest BCUT2D eigenvalue weighted by Gasteiger charge is -2.48. The molecule has 0 aliphatic carbocycles. The standard InChI is InChI=1S/C41H71N2O38P/c42-70-4-10(46)1-43-17(47)9-69-37-32(62)33(79-41-35(28(58)19(49)12(3-45)74-41)81-39-31(61)26(56)22(52)16(78-39)8-72-82(64,65)66)23(53)14(76-37)6-67-36-29(59)24(54)20(50)13(75-36)5-68-40-34(27(57)18(48)11(2-44)73-40)80-38-30(60)25(55)21(51)15(77-38)7-71-63/h11-16,18-41,44-45,48-63H,1-9,42H2,(H,43,47)(H2,64,65,66)/t11?,12?,13?,14?,15?,16?,18-,19-,20-,21-,22-,23-,24+,25+,26+,27+,28+,29?,30?,31?,32?,33+,34?,35?,36+,37-,38-,39-,40+,41-/m1/s1. The smallest absolute Gasteiger partial charge is 0.394 e. The van der Waals surface area contributed by atoms with Gasteiger partial charge >= 0.3 is 7.82 Å². The van der Waals surface area contributed by atoms with E-state index < -0.39 is 263 Å². The molecule has 30 atom stereocenters. The maximum absolute atomic E-state index is 12.7. The number of ether oxygens (including phenoxy) is 12. The SMILES string of the molecule is NOCC(=O)CNC(=O)CO[C@@H]1OC(CO[C@H]2OC(CO[C@H]3OC(CO)[C@@H](O)[C@H](O)C3O[C@H]3OC(COO)[C@@H](O)[C@H](O)C3O)[C@@H](O)[C@H](O)C2O)[C@@H](O)[C@H](O[C@H]2OC(CO)[C@@H](O)[C@H](O)C2O[C@H]2OC(COP(=O)(O)O)[C@@H](O)[C@H](O)C2O)C1O. The highest BCUT2D eigenvalue weighted by atomic mass is 31.2. The van der Waals surface area contributed by atoms with Crippen molar-refractivity contribution in [3.8, 4) is 0 Å². The van der Waals surface area contributed by atoms with Crippen LogP contribution in [-0.2, 0) is 85.2 Å². The topological polar surface area (TPSA) is 632 Å².